The lowest BCUT2D eigenvalue weighted by Crippen LogP contribution is -2.56. The van der Waals surface area contributed by atoms with Crippen molar-refractivity contribution in [3.63, 3.8) is 0 Å². The van der Waals surface area contributed by atoms with Gasteiger partial charge in [-0.05, 0) is 25.0 Å². The molecule has 2 aromatic heterocycles. The van der Waals surface area contributed by atoms with Crippen LogP contribution in [0.15, 0.2) is 55.4 Å². The van der Waals surface area contributed by atoms with Crippen molar-refractivity contribution < 1.29 is 9.59 Å². The molecular weight excluding hydrogens is 394 g/mol. The van der Waals surface area contributed by atoms with Crippen molar-refractivity contribution >= 4 is 11.8 Å². The zero-order chi connectivity index (χ0) is 22.0. The van der Waals surface area contributed by atoms with Gasteiger partial charge in [0.2, 0.25) is 5.91 Å². The maximum Gasteiger partial charge on any atom is 0.257 e. The van der Waals surface area contributed by atoms with Crippen molar-refractivity contribution in [1.82, 2.24) is 34.3 Å². The zero-order valence-electron chi connectivity index (χ0n) is 18.0. The minimum absolute atomic E-state index is 0.0330. The first-order chi connectivity index (χ1) is 15.0. The first-order valence-electron chi connectivity index (χ1n) is 10.5. The topological polar surface area (TPSA) is 89.2 Å². The number of rotatable bonds is 5. The molecule has 2 unspecified atom stereocenters. The molecule has 0 aliphatic carbocycles. The van der Waals surface area contributed by atoms with Gasteiger partial charge in [0, 0.05) is 31.9 Å². The van der Waals surface area contributed by atoms with Crippen LogP contribution in [0.5, 0.6) is 0 Å². The number of nitrogens with zero attached hydrogens (tertiary/aromatic N) is 7. The molecule has 2 amide bonds. The predicted molar refractivity (Wildman–Crippen MR) is 115 cm³/mol. The Morgan fingerprint density at radius 1 is 1.06 bits per heavy atom. The van der Waals surface area contributed by atoms with Crippen LogP contribution in [-0.2, 0) is 4.79 Å². The normalized spacial score (nSPS) is 17.7. The van der Waals surface area contributed by atoms with Crippen LogP contribution in [0.25, 0.3) is 5.69 Å². The molecule has 0 bridgehead atoms. The molecule has 3 aromatic rings. The van der Waals surface area contributed by atoms with Crippen LogP contribution < -0.4 is 0 Å². The van der Waals surface area contributed by atoms with E-state index in [0.29, 0.717) is 25.2 Å². The van der Waals surface area contributed by atoms with E-state index in [-0.39, 0.29) is 29.8 Å². The molecule has 1 saturated heterocycles. The molecule has 3 heterocycles. The summed E-state index contributed by atoms with van der Waals surface area (Å²) in [4.78, 5) is 30.0. The average molecular weight is 422 g/mol. The Labute approximate surface area is 181 Å². The highest BCUT2D eigenvalue weighted by atomic mass is 16.2. The number of benzene rings is 1. The van der Waals surface area contributed by atoms with Crippen molar-refractivity contribution in [3.05, 3.63) is 60.9 Å². The summed E-state index contributed by atoms with van der Waals surface area (Å²) in [5.74, 6) is 0.0638. The first kappa shape index (κ1) is 20.8. The van der Waals surface area contributed by atoms with E-state index >= 15 is 0 Å². The van der Waals surface area contributed by atoms with Gasteiger partial charge >= 0.3 is 0 Å². The van der Waals surface area contributed by atoms with E-state index < -0.39 is 0 Å². The third kappa shape index (κ3) is 4.21. The maximum atomic E-state index is 13.2. The molecule has 0 saturated carbocycles. The van der Waals surface area contributed by atoms with E-state index in [4.69, 9.17) is 0 Å². The van der Waals surface area contributed by atoms with Crippen molar-refractivity contribution in [2.45, 2.75) is 32.9 Å². The van der Waals surface area contributed by atoms with Crippen LogP contribution in [0.4, 0.5) is 0 Å². The summed E-state index contributed by atoms with van der Waals surface area (Å²) in [6.07, 6.45) is 6.51. The quantitative estimate of drug-likeness (QED) is 0.629. The van der Waals surface area contributed by atoms with E-state index in [1.807, 2.05) is 60.9 Å². The van der Waals surface area contributed by atoms with Gasteiger partial charge in [-0.25, -0.2) is 4.68 Å². The van der Waals surface area contributed by atoms with Crippen LogP contribution >= 0.6 is 0 Å². The number of aromatic nitrogens is 5. The largest absolute Gasteiger partial charge is 0.337 e. The predicted octanol–water partition coefficient (Wildman–Crippen LogP) is 2.03. The molecule has 4 rings (SSSR count). The van der Waals surface area contributed by atoms with Crippen LogP contribution in [-0.4, -0.2) is 71.8 Å². The third-order valence-corrected chi connectivity index (χ3v) is 5.69. The number of hydrogen-bond acceptors (Lipinski definition) is 5. The lowest BCUT2D eigenvalue weighted by atomic mass is 10.0. The zero-order valence-corrected chi connectivity index (χ0v) is 18.0. The second-order valence-corrected chi connectivity index (χ2v) is 8.24. The summed E-state index contributed by atoms with van der Waals surface area (Å²) >= 11 is 0. The summed E-state index contributed by atoms with van der Waals surface area (Å²) < 4.78 is 3.46. The number of carbonyl (C=O) groups is 2. The monoisotopic (exact) mass is 421 g/mol. The van der Waals surface area contributed by atoms with E-state index in [2.05, 4.69) is 15.3 Å². The minimum atomic E-state index is -0.353. The molecule has 1 fully saturated rings. The van der Waals surface area contributed by atoms with Gasteiger partial charge in [0.25, 0.3) is 5.91 Å². The third-order valence-electron chi connectivity index (χ3n) is 5.69. The number of carbonyl (C=O) groups excluding carboxylic acids is 2. The Bertz CT molecular complexity index is 1030. The van der Waals surface area contributed by atoms with Gasteiger partial charge in [0.05, 0.1) is 17.4 Å². The summed E-state index contributed by atoms with van der Waals surface area (Å²) in [5, 5.41) is 12.0. The van der Waals surface area contributed by atoms with Crippen molar-refractivity contribution in [3.8, 4) is 5.69 Å². The molecule has 0 spiro atoms. The van der Waals surface area contributed by atoms with Crippen LogP contribution in [0, 0.1) is 5.92 Å². The first-order valence-corrected chi connectivity index (χ1v) is 10.5. The number of piperazine rings is 1. The van der Waals surface area contributed by atoms with Gasteiger partial charge in [0.15, 0.2) is 0 Å². The van der Waals surface area contributed by atoms with Crippen LogP contribution in [0.3, 0.4) is 0 Å². The molecular formula is C22H27N7O2. The fraction of sp³-hybridized carbons (Fsp3) is 0.409. The highest BCUT2D eigenvalue weighted by Crippen LogP contribution is 2.23. The fourth-order valence-corrected chi connectivity index (χ4v) is 4.08. The minimum Gasteiger partial charge on any atom is -0.337 e. The molecule has 162 valence electrons. The van der Waals surface area contributed by atoms with Crippen molar-refractivity contribution in [2.75, 3.05) is 19.6 Å². The number of hydrogen-bond donors (Lipinski definition) is 0. The Morgan fingerprint density at radius 3 is 2.42 bits per heavy atom. The highest BCUT2D eigenvalue weighted by Gasteiger charge is 2.35. The van der Waals surface area contributed by atoms with Gasteiger partial charge in [-0.3, -0.25) is 9.59 Å². The van der Waals surface area contributed by atoms with E-state index in [9.17, 15) is 9.59 Å². The molecule has 2 atom stereocenters. The molecule has 1 aliphatic rings. The van der Waals surface area contributed by atoms with Crippen LogP contribution in [0.1, 0.15) is 37.2 Å². The lowest BCUT2D eigenvalue weighted by Gasteiger charge is -2.41. The lowest BCUT2D eigenvalue weighted by molar-refractivity contribution is -0.138. The van der Waals surface area contributed by atoms with Gasteiger partial charge in [-0.1, -0.05) is 32.0 Å². The SMILES string of the molecule is CC(C)C(C(=O)N1CCN(C(=O)c2cnn(-c3ccccc3)c2)C(C)C1)n1cnnc1. The smallest absolute Gasteiger partial charge is 0.257 e. The maximum absolute atomic E-state index is 13.2. The molecule has 0 N–H and O–H groups in total. The van der Waals surface area contributed by atoms with Crippen molar-refractivity contribution in [2.24, 2.45) is 5.92 Å². The molecule has 9 heteroatoms. The van der Waals surface area contributed by atoms with E-state index in [1.165, 1.54) is 0 Å². The van der Waals surface area contributed by atoms with Crippen molar-refractivity contribution in [1.29, 1.82) is 0 Å². The average Bonchev–Trinajstić information content (AvgIpc) is 3.46. The Morgan fingerprint density at radius 2 is 1.77 bits per heavy atom. The summed E-state index contributed by atoms with van der Waals surface area (Å²) in [6, 6.07) is 9.23. The molecule has 9 nitrogen and oxygen atoms in total. The highest BCUT2D eigenvalue weighted by molar-refractivity contribution is 5.94. The summed E-state index contributed by atoms with van der Waals surface area (Å²) in [6.45, 7) is 7.46. The van der Waals surface area contributed by atoms with Gasteiger partial charge < -0.3 is 14.4 Å². The molecule has 1 aliphatic heterocycles. The fourth-order valence-electron chi connectivity index (χ4n) is 4.08. The second-order valence-electron chi connectivity index (χ2n) is 8.24. The number of amides is 2. The van der Waals surface area contributed by atoms with E-state index in [1.54, 1.807) is 34.3 Å². The number of para-hydroxylation sites is 1. The van der Waals surface area contributed by atoms with E-state index in [0.717, 1.165) is 5.69 Å². The standard InChI is InChI=1S/C22H27N7O2/c1-16(2)20(27-14-23-24-15-27)22(31)26-9-10-28(17(3)12-26)21(30)18-11-25-29(13-18)19-7-5-4-6-8-19/h4-8,11,13-17,20H,9-10,12H2,1-3H3. The molecule has 31 heavy (non-hydrogen) atoms. The second kappa shape index (κ2) is 8.71. The summed E-state index contributed by atoms with van der Waals surface area (Å²) in [5.41, 5.74) is 1.44. The van der Waals surface area contributed by atoms with Gasteiger partial charge in [-0.15, -0.1) is 10.2 Å². The Balaban J connectivity index is 1.44. The molecule has 0 radical (unpaired) electrons. The Hall–Kier alpha value is -3.49. The summed E-state index contributed by atoms with van der Waals surface area (Å²) in [7, 11) is 0. The van der Waals surface area contributed by atoms with Gasteiger partial charge in [0.1, 0.15) is 18.7 Å². The van der Waals surface area contributed by atoms with Crippen LogP contribution in [0.2, 0.25) is 0 Å². The molecule has 1 aromatic carbocycles. The Kier molecular flexibility index (Phi) is 5.83. The van der Waals surface area contributed by atoms with Gasteiger partial charge in [-0.2, -0.15) is 5.10 Å².